The van der Waals surface area contributed by atoms with Gasteiger partial charge in [0, 0.05) is 62.1 Å². The highest BCUT2D eigenvalue weighted by Crippen LogP contribution is 2.39. The van der Waals surface area contributed by atoms with Gasteiger partial charge in [0.15, 0.2) is 0 Å². The first-order valence-corrected chi connectivity index (χ1v) is 21.0. The SMILES string of the molecule is Nc1ccc(-c2c3nc(c(-c4ccc(S(=O)(=O)O)cc4)c4ccc([nH]4)c(-c4ccc([N+](=O)[O-])cc4)c4nc(c(-c5ccc(S(=O)(=O)O)cc5)c5ccc2[nH]5)C=C4)C=C3)cc1. The molecular weight excluding hydrogens is 805 g/mol. The number of hydrogen-bond acceptors (Lipinski definition) is 9. The van der Waals surface area contributed by atoms with Gasteiger partial charge in [-0.05, 0) is 119 Å². The van der Waals surface area contributed by atoms with Gasteiger partial charge in [0.05, 0.1) is 37.5 Å². The first-order chi connectivity index (χ1) is 28.7. The van der Waals surface area contributed by atoms with Crippen LogP contribution in [0.5, 0.6) is 0 Å². The molecule has 0 radical (unpaired) electrons. The van der Waals surface area contributed by atoms with Crippen LogP contribution in [0, 0.1) is 10.1 Å². The van der Waals surface area contributed by atoms with Crippen LogP contribution < -0.4 is 5.73 Å². The zero-order chi connectivity index (χ0) is 41.9. The molecule has 2 aliphatic heterocycles. The van der Waals surface area contributed by atoms with Gasteiger partial charge in [0.2, 0.25) is 0 Å². The lowest BCUT2D eigenvalue weighted by atomic mass is 10.0. The number of nitrogens with one attached hydrogen (secondary N) is 2. The van der Waals surface area contributed by atoms with Crippen LogP contribution >= 0.6 is 0 Å². The topological polar surface area (TPSA) is 235 Å². The number of nitrogens with two attached hydrogens (primary N) is 1. The summed E-state index contributed by atoms with van der Waals surface area (Å²) in [6, 6.07) is 32.4. The van der Waals surface area contributed by atoms with E-state index in [1.165, 1.54) is 36.4 Å². The Balaban J connectivity index is 1.44. The van der Waals surface area contributed by atoms with E-state index in [0.717, 1.165) is 11.1 Å². The zero-order valence-corrected chi connectivity index (χ0v) is 32.6. The van der Waals surface area contributed by atoms with Gasteiger partial charge in [0.25, 0.3) is 25.9 Å². The van der Waals surface area contributed by atoms with Crippen molar-refractivity contribution in [2.24, 2.45) is 0 Å². The summed E-state index contributed by atoms with van der Waals surface area (Å²) in [5.41, 5.74) is 16.3. The minimum atomic E-state index is -4.48. The molecule has 2 aliphatic rings. The molecule has 9 rings (SSSR count). The average molecular weight is 835 g/mol. The molecule has 3 aromatic heterocycles. The summed E-state index contributed by atoms with van der Waals surface area (Å²) in [6.45, 7) is 0. The molecule has 5 heterocycles. The molecule has 7 aromatic rings. The molecule has 0 fully saturated rings. The number of anilines is 1. The fraction of sp³-hybridized carbons (Fsp3) is 0. The van der Waals surface area contributed by atoms with Gasteiger partial charge >= 0.3 is 0 Å². The molecule has 14 nitrogen and oxygen atoms in total. The number of hydrogen-bond donors (Lipinski definition) is 5. The van der Waals surface area contributed by atoms with Gasteiger partial charge in [-0.25, -0.2) is 9.97 Å². The third-order valence-electron chi connectivity index (χ3n) is 10.2. The number of aromatic amines is 2. The van der Waals surface area contributed by atoms with Crippen molar-refractivity contribution in [1.82, 2.24) is 19.9 Å². The Bertz CT molecular complexity index is 3300. The highest BCUT2D eigenvalue weighted by molar-refractivity contribution is 7.86. The second kappa shape index (κ2) is 14.4. The predicted octanol–water partition coefficient (Wildman–Crippen LogP) is 9.31. The fourth-order valence-corrected chi connectivity index (χ4v) is 8.37. The van der Waals surface area contributed by atoms with Crippen LogP contribution in [-0.4, -0.2) is 50.8 Å². The van der Waals surface area contributed by atoms with Gasteiger partial charge in [0.1, 0.15) is 0 Å². The number of nitro groups is 1. The number of fused-ring (bicyclic) bond motifs is 8. The lowest BCUT2D eigenvalue weighted by molar-refractivity contribution is -0.384. The Labute approximate surface area is 341 Å². The third kappa shape index (κ3) is 7.05. The summed E-state index contributed by atoms with van der Waals surface area (Å²) in [6.07, 6.45) is 7.35. The normalized spacial score (nSPS) is 12.5. The standard InChI is InChI=1S/C44H30N6O8S2/c45-29-9-1-25(2-10-29)41-33-17-21-37(46-33)43(27-5-13-31(14-6-27)59(53,54)55)39-23-19-35(48-39)42(26-3-11-30(12-4-26)50(51)52)36-20-24-40(49-36)44(38-22-18-34(41)47-38)28-7-15-32(16-8-28)60(56,57)58/h1-24,46,49H,45H2,(H,53,54,55)(H,56,57,58). The van der Waals surface area contributed by atoms with E-state index in [0.29, 0.717) is 83.9 Å². The maximum Gasteiger partial charge on any atom is 0.294 e. The van der Waals surface area contributed by atoms with Crippen molar-refractivity contribution < 1.29 is 30.9 Å². The van der Waals surface area contributed by atoms with Crippen LogP contribution in [-0.2, 0) is 20.2 Å². The highest BCUT2D eigenvalue weighted by Gasteiger charge is 2.21. The minimum absolute atomic E-state index is 0.0976. The number of rotatable bonds is 7. The van der Waals surface area contributed by atoms with Crippen LogP contribution in [0.2, 0.25) is 0 Å². The van der Waals surface area contributed by atoms with E-state index in [9.17, 15) is 36.1 Å². The Morgan fingerprint density at radius 1 is 0.467 bits per heavy atom. The quantitative estimate of drug-likeness (QED) is 0.0439. The summed E-state index contributed by atoms with van der Waals surface area (Å²) in [4.78, 5) is 28.0. The maximum atomic E-state index is 12.0. The van der Waals surface area contributed by atoms with Crippen LogP contribution in [0.15, 0.2) is 131 Å². The van der Waals surface area contributed by atoms with Gasteiger partial charge in [-0.1, -0.05) is 36.4 Å². The van der Waals surface area contributed by atoms with Crippen molar-refractivity contribution in [1.29, 1.82) is 0 Å². The number of nitrogens with zero attached hydrogens (tertiary/aromatic N) is 3. The summed E-state index contributed by atoms with van der Waals surface area (Å²) in [7, 11) is -8.95. The Hall–Kier alpha value is -7.50. The van der Waals surface area contributed by atoms with Crippen LogP contribution in [0.3, 0.4) is 0 Å². The molecular formula is C44H30N6O8S2. The summed E-state index contributed by atoms with van der Waals surface area (Å²) < 4.78 is 67.5. The number of benzene rings is 4. The molecule has 0 saturated carbocycles. The van der Waals surface area contributed by atoms with Crippen molar-refractivity contribution in [2.75, 3.05) is 5.73 Å². The predicted molar refractivity (Wildman–Crippen MR) is 231 cm³/mol. The molecule has 8 bridgehead atoms. The molecule has 0 spiro atoms. The number of nitro benzene ring substituents is 1. The number of aromatic nitrogens is 4. The average Bonchev–Trinajstić information content (AvgIpc) is 4.07. The van der Waals surface area contributed by atoms with E-state index in [1.54, 1.807) is 48.5 Å². The smallest absolute Gasteiger partial charge is 0.294 e. The van der Waals surface area contributed by atoms with E-state index < -0.39 is 25.2 Å². The van der Waals surface area contributed by atoms with Gasteiger partial charge in [-0.15, -0.1) is 0 Å². The first kappa shape index (κ1) is 38.0. The van der Waals surface area contributed by atoms with Crippen molar-refractivity contribution in [3.63, 3.8) is 0 Å². The van der Waals surface area contributed by atoms with Crippen LogP contribution in [0.25, 0.3) is 90.9 Å². The van der Waals surface area contributed by atoms with Crippen molar-refractivity contribution >= 4 is 78.0 Å². The minimum Gasteiger partial charge on any atom is -0.399 e. The molecule has 0 atom stereocenters. The third-order valence-corrected chi connectivity index (χ3v) is 11.9. The zero-order valence-electron chi connectivity index (χ0n) is 30.9. The molecule has 0 saturated heterocycles. The second-order valence-corrected chi connectivity index (χ2v) is 16.8. The molecule has 0 amide bonds. The van der Waals surface area contributed by atoms with Crippen LogP contribution in [0.4, 0.5) is 11.4 Å². The monoisotopic (exact) mass is 834 g/mol. The van der Waals surface area contributed by atoms with Crippen molar-refractivity contribution in [2.45, 2.75) is 9.79 Å². The maximum absolute atomic E-state index is 12.0. The fourth-order valence-electron chi connectivity index (χ4n) is 7.41. The molecule has 0 aliphatic carbocycles. The van der Waals surface area contributed by atoms with E-state index in [1.807, 2.05) is 60.7 Å². The first-order valence-electron chi connectivity index (χ1n) is 18.1. The highest BCUT2D eigenvalue weighted by atomic mass is 32.2. The van der Waals surface area contributed by atoms with E-state index in [-0.39, 0.29) is 15.5 Å². The largest absolute Gasteiger partial charge is 0.399 e. The molecule has 4 aromatic carbocycles. The van der Waals surface area contributed by atoms with Gasteiger partial charge in [-0.2, -0.15) is 16.8 Å². The number of H-pyrrole nitrogens is 2. The molecule has 0 unspecified atom stereocenters. The second-order valence-electron chi connectivity index (χ2n) is 13.9. The summed E-state index contributed by atoms with van der Waals surface area (Å²) in [5, 5.41) is 11.6. The van der Waals surface area contributed by atoms with Gasteiger partial charge < -0.3 is 15.7 Å². The molecule has 6 N–H and O–H groups in total. The lowest BCUT2D eigenvalue weighted by Crippen LogP contribution is -1.97. The molecule has 296 valence electrons. The number of nitrogen functional groups attached to an aromatic ring is 1. The Morgan fingerprint density at radius 2 is 0.750 bits per heavy atom. The summed E-state index contributed by atoms with van der Waals surface area (Å²) >= 11 is 0. The Morgan fingerprint density at radius 3 is 1.03 bits per heavy atom. The van der Waals surface area contributed by atoms with Gasteiger partial charge in [-0.3, -0.25) is 19.2 Å². The van der Waals surface area contributed by atoms with E-state index in [4.69, 9.17) is 15.7 Å². The summed E-state index contributed by atoms with van der Waals surface area (Å²) in [5.74, 6) is 0. The Kier molecular flexibility index (Phi) is 9.13. The van der Waals surface area contributed by atoms with E-state index >= 15 is 0 Å². The molecule has 16 heteroatoms. The lowest BCUT2D eigenvalue weighted by Gasteiger charge is -2.08. The van der Waals surface area contributed by atoms with Crippen LogP contribution in [0.1, 0.15) is 22.8 Å². The van der Waals surface area contributed by atoms with Crippen molar-refractivity contribution in [3.05, 3.63) is 154 Å². The number of non-ortho nitro benzene ring substituents is 1. The van der Waals surface area contributed by atoms with Crippen molar-refractivity contribution in [3.8, 4) is 44.5 Å². The van der Waals surface area contributed by atoms with E-state index in [2.05, 4.69) is 9.97 Å². The molecule has 60 heavy (non-hydrogen) atoms.